The van der Waals surface area contributed by atoms with Gasteiger partial charge in [-0.3, -0.25) is 4.98 Å². The van der Waals surface area contributed by atoms with Crippen molar-refractivity contribution in [2.45, 2.75) is 31.3 Å². The van der Waals surface area contributed by atoms with Gasteiger partial charge in [-0.25, -0.2) is 0 Å². The Morgan fingerprint density at radius 1 is 1.42 bits per heavy atom. The highest BCUT2D eigenvalue weighted by Gasteiger charge is 2.23. The molecule has 0 spiro atoms. The Hall–Kier alpha value is -0.890. The smallest absolute Gasteiger partial charge is 0.0546 e. The molecule has 1 heterocycles. The summed E-state index contributed by atoms with van der Waals surface area (Å²) in [6.07, 6.45) is 6.56. The summed E-state index contributed by atoms with van der Waals surface area (Å²) in [5.41, 5.74) is 1.27. The zero-order valence-corrected chi connectivity index (χ0v) is 6.98. The predicted octanol–water partition coefficient (Wildman–Crippen LogP) is 1.71. The van der Waals surface area contributed by atoms with Gasteiger partial charge in [0.15, 0.2) is 0 Å². The quantitative estimate of drug-likeness (QED) is 0.683. The van der Waals surface area contributed by atoms with Gasteiger partial charge in [0, 0.05) is 12.4 Å². The monoisotopic (exact) mass is 163 g/mol. The standard InChI is InChI=1S/C10H13NO/c12-10-4-3-8(6-10)9-2-1-5-11-7-9/h1-2,5,7-8,10,12H,3-4,6H2/t8-,10-/m1/s1. The van der Waals surface area contributed by atoms with Crippen molar-refractivity contribution in [2.75, 3.05) is 0 Å². The van der Waals surface area contributed by atoms with Gasteiger partial charge in [0.05, 0.1) is 6.10 Å². The fourth-order valence-electron chi connectivity index (χ4n) is 1.88. The van der Waals surface area contributed by atoms with Crippen LogP contribution in [0.4, 0.5) is 0 Å². The number of aliphatic hydroxyl groups excluding tert-OH is 1. The van der Waals surface area contributed by atoms with Gasteiger partial charge in [0.2, 0.25) is 0 Å². The highest BCUT2D eigenvalue weighted by Crippen LogP contribution is 2.33. The molecule has 0 saturated heterocycles. The average molecular weight is 163 g/mol. The van der Waals surface area contributed by atoms with Crippen molar-refractivity contribution in [3.05, 3.63) is 30.1 Å². The van der Waals surface area contributed by atoms with E-state index in [0.717, 1.165) is 19.3 Å². The van der Waals surface area contributed by atoms with Crippen LogP contribution in [0.5, 0.6) is 0 Å². The Morgan fingerprint density at radius 2 is 2.33 bits per heavy atom. The van der Waals surface area contributed by atoms with E-state index in [1.54, 1.807) is 6.20 Å². The van der Waals surface area contributed by atoms with Gasteiger partial charge in [-0.15, -0.1) is 0 Å². The van der Waals surface area contributed by atoms with E-state index in [0.29, 0.717) is 5.92 Å². The Bertz CT molecular complexity index is 247. The summed E-state index contributed by atoms with van der Waals surface area (Å²) >= 11 is 0. The van der Waals surface area contributed by atoms with E-state index in [9.17, 15) is 5.11 Å². The predicted molar refractivity (Wildman–Crippen MR) is 46.8 cm³/mol. The molecule has 0 unspecified atom stereocenters. The maximum Gasteiger partial charge on any atom is 0.0546 e. The van der Waals surface area contributed by atoms with Crippen molar-refractivity contribution in [3.63, 3.8) is 0 Å². The molecule has 1 aromatic rings. The van der Waals surface area contributed by atoms with Crippen LogP contribution in [0, 0.1) is 0 Å². The Balaban J connectivity index is 2.11. The van der Waals surface area contributed by atoms with Crippen molar-refractivity contribution < 1.29 is 5.11 Å². The molecule has 1 aliphatic carbocycles. The SMILES string of the molecule is O[C@@H]1CC[C@@H](c2cccnc2)C1. The maximum absolute atomic E-state index is 9.34. The molecule has 2 nitrogen and oxygen atoms in total. The van der Waals surface area contributed by atoms with Gasteiger partial charge < -0.3 is 5.11 Å². The van der Waals surface area contributed by atoms with Gasteiger partial charge in [0.1, 0.15) is 0 Å². The van der Waals surface area contributed by atoms with Crippen LogP contribution in [-0.4, -0.2) is 16.2 Å². The zero-order chi connectivity index (χ0) is 8.39. The van der Waals surface area contributed by atoms with E-state index in [4.69, 9.17) is 0 Å². The van der Waals surface area contributed by atoms with Crippen LogP contribution in [-0.2, 0) is 0 Å². The van der Waals surface area contributed by atoms with Crippen LogP contribution >= 0.6 is 0 Å². The molecular formula is C10H13NO. The van der Waals surface area contributed by atoms with Crippen molar-refractivity contribution in [2.24, 2.45) is 0 Å². The molecule has 12 heavy (non-hydrogen) atoms. The number of hydrogen-bond donors (Lipinski definition) is 1. The minimum atomic E-state index is -0.0878. The second-order valence-electron chi connectivity index (χ2n) is 3.45. The topological polar surface area (TPSA) is 33.1 Å². The lowest BCUT2D eigenvalue weighted by Crippen LogP contribution is -1.99. The summed E-state index contributed by atoms with van der Waals surface area (Å²) in [6.45, 7) is 0. The molecule has 2 atom stereocenters. The number of aliphatic hydroxyl groups is 1. The van der Waals surface area contributed by atoms with Gasteiger partial charge in [-0.05, 0) is 36.8 Å². The van der Waals surface area contributed by atoms with E-state index in [-0.39, 0.29) is 6.10 Å². The number of aromatic nitrogens is 1. The van der Waals surface area contributed by atoms with Crippen LogP contribution in [0.25, 0.3) is 0 Å². The first-order valence-corrected chi connectivity index (χ1v) is 4.44. The van der Waals surface area contributed by atoms with Crippen molar-refractivity contribution in [3.8, 4) is 0 Å². The molecule has 1 saturated carbocycles. The average Bonchev–Trinajstić information content (AvgIpc) is 2.54. The highest BCUT2D eigenvalue weighted by molar-refractivity contribution is 5.16. The second kappa shape index (κ2) is 3.23. The van der Waals surface area contributed by atoms with E-state index < -0.39 is 0 Å². The lowest BCUT2D eigenvalue weighted by Gasteiger charge is -2.07. The molecule has 2 heteroatoms. The fraction of sp³-hybridized carbons (Fsp3) is 0.500. The molecule has 1 aromatic heterocycles. The molecular weight excluding hydrogens is 150 g/mol. The number of pyridine rings is 1. The third kappa shape index (κ3) is 1.48. The molecule has 1 N–H and O–H groups in total. The first kappa shape index (κ1) is 7.74. The molecule has 0 aromatic carbocycles. The molecule has 1 fully saturated rings. The molecule has 0 aliphatic heterocycles. The maximum atomic E-state index is 9.34. The van der Waals surface area contributed by atoms with Crippen LogP contribution in [0.3, 0.4) is 0 Å². The lowest BCUT2D eigenvalue weighted by molar-refractivity contribution is 0.181. The summed E-state index contributed by atoms with van der Waals surface area (Å²) in [4.78, 5) is 4.07. The highest BCUT2D eigenvalue weighted by atomic mass is 16.3. The van der Waals surface area contributed by atoms with Gasteiger partial charge >= 0.3 is 0 Å². The van der Waals surface area contributed by atoms with Crippen LogP contribution in [0.1, 0.15) is 30.7 Å². The van der Waals surface area contributed by atoms with Crippen molar-refractivity contribution >= 4 is 0 Å². The van der Waals surface area contributed by atoms with Crippen molar-refractivity contribution in [1.82, 2.24) is 4.98 Å². The number of hydrogen-bond acceptors (Lipinski definition) is 2. The van der Waals surface area contributed by atoms with Crippen LogP contribution in [0.2, 0.25) is 0 Å². The van der Waals surface area contributed by atoms with Crippen LogP contribution in [0.15, 0.2) is 24.5 Å². The van der Waals surface area contributed by atoms with Gasteiger partial charge in [-0.1, -0.05) is 6.07 Å². The summed E-state index contributed by atoms with van der Waals surface area (Å²) in [5.74, 6) is 0.536. The fourth-order valence-corrected chi connectivity index (χ4v) is 1.88. The lowest BCUT2D eigenvalue weighted by atomic mass is 10.00. The van der Waals surface area contributed by atoms with E-state index >= 15 is 0 Å². The molecule has 0 amide bonds. The van der Waals surface area contributed by atoms with E-state index in [1.165, 1.54) is 5.56 Å². The number of rotatable bonds is 1. The first-order chi connectivity index (χ1) is 5.86. The van der Waals surface area contributed by atoms with Gasteiger partial charge in [-0.2, -0.15) is 0 Å². The van der Waals surface area contributed by atoms with Crippen molar-refractivity contribution in [1.29, 1.82) is 0 Å². The Kier molecular flexibility index (Phi) is 2.09. The Labute approximate surface area is 72.3 Å². The minimum absolute atomic E-state index is 0.0878. The third-order valence-electron chi connectivity index (χ3n) is 2.56. The molecule has 0 bridgehead atoms. The molecule has 0 radical (unpaired) electrons. The first-order valence-electron chi connectivity index (χ1n) is 4.44. The van der Waals surface area contributed by atoms with Gasteiger partial charge in [0.25, 0.3) is 0 Å². The van der Waals surface area contributed by atoms with E-state index in [1.807, 2.05) is 12.3 Å². The minimum Gasteiger partial charge on any atom is -0.393 e. The normalized spacial score (nSPS) is 29.1. The second-order valence-corrected chi connectivity index (χ2v) is 3.45. The largest absolute Gasteiger partial charge is 0.393 e. The number of nitrogens with zero attached hydrogens (tertiary/aromatic N) is 1. The van der Waals surface area contributed by atoms with Crippen LogP contribution < -0.4 is 0 Å². The Morgan fingerprint density at radius 3 is 2.92 bits per heavy atom. The zero-order valence-electron chi connectivity index (χ0n) is 6.98. The molecule has 2 rings (SSSR count). The molecule has 64 valence electrons. The third-order valence-corrected chi connectivity index (χ3v) is 2.56. The summed E-state index contributed by atoms with van der Waals surface area (Å²) in [7, 11) is 0. The summed E-state index contributed by atoms with van der Waals surface area (Å²) < 4.78 is 0. The summed E-state index contributed by atoms with van der Waals surface area (Å²) in [5, 5.41) is 9.34. The van der Waals surface area contributed by atoms with E-state index in [2.05, 4.69) is 11.1 Å². The molecule has 1 aliphatic rings. The summed E-state index contributed by atoms with van der Waals surface area (Å²) in [6, 6.07) is 4.05.